The van der Waals surface area contributed by atoms with Crippen molar-refractivity contribution in [1.82, 2.24) is 0 Å². The average Bonchev–Trinajstić information content (AvgIpc) is 3.06. The van der Waals surface area contributed by atoms with Gasteiger partial charge in [-0.1, -0.05) is 17.3 Å². The fourth-order valence-electron chi connectivity index (χ4n) is 1.50. The van der Waals surface area contributed by atoms with E-state index in [0.717, 1.165) is 9.75 Å². The van der Waals surface area contributed by atoms with Gasteiger partial charge in [0.25, 0.3) is 5.70 Å². The molecule has 0 unspecified atom stereocenters. The first-order chi connectivity index (χ1) is 9.20. The zero-order valence-corrected chi connectivity index (χ0v) is 11.4. The van der Waals surface area contributed by atoms with Crippen LogP contribution in [0.5, 0.6) is 0 Å². The van der Waals surface area contributed by atoms with Crippen LogP contribution in [0.4, 0.5) is 0 Å². The molecule has 19 heavy (non-hydrogen) atoms. The SMILES string of the molecule is O=[N+]([O-])C(=C/c1cccs1)/C(Cc1cccs1)=N/O. The first-order valence-electron chi connectivity index (χ1n) is 5.34. The third-order valence-corrected chi connectivity index (χ3v) is 4.05. The highest BCUT2D eigenvalue weighted by Gasteiger charge is 2.21. The van der Waals surface area contributed by atoms with Gasteiger partial charge in [0, 0.05) is 22.3 Å². The molecule has 0 aliphatic heterocycles. The molecule has 0 bridgehead atoms. The molecule has 2 heterocycles. The molecule has 2 aromatic rings. The van der Waals surface area contributed by atoms with Crippen LogP contribution >= 0.6 is 22.7 Å². The molecule has 0 aromatic carbocycles. The third-order valence-electron chi connectivity index (χ3n) is 2.36. The number of hydrogen-bond donors (Lipinski definition) is 1. The largest absolute Gasteiger partial charge is 0.410 e. The van der Waals surface area contributed by atoms with E-state index in [9.17, 15) is 10.1 Å². The molecule has 1 N–H and O–H groups in total. The van der Waals surface area contributed by atoms with E-state index in [1.54, 1.807) is 6.07 Å². The monoisotopic (exact) mass is 294 g/mol. The summed E-state index contributed by atoms with van der Waals surface area (Å²) < 4.78 is 0. The van der Waals surface area contributed by atoms with Gasteiger partial charge in [-0.3, -0.25) is 10.1 Å². The van der Waals surface area contributed by atoms with Crippen LogP contribution in [0.1, 0.15) is 9.75 Å². The minimum absolute atomic E-state index is 0.0563. The number of oxime groups is 1. The molecule has 0 aliphatic carbocycles. The predicted octanol–water partition coefficient (Wildman–Crippen LogP) is 3.50. The second-order valence-corrected chi connectivity index (χ2v) is 5.62. The fourth-order valence-corrected chi connectivity index (χ4v) is 2.87. The number of hydrogen-bond acceptors (Lipinski definition) is 6. The minimum Gasteiger partial charge on any atom is -0.410 e. The second-order valence-electron chi connectivity index (χ2n) is 3.60. The van der Waals surface area contributed by atoms with E-state index in [2.05, 4.69) is 5.16 Å². The van der Waals surface area contributed by atoms with Gasteiger partial charge in [0.1, 0.15) is 0 Å². The van der Waals surface area contributed by atoms with Gasteiger partial charge in [-0.05, 0) is 22.9 Å². The molecule has 0 aliphatic rings. The summed E-state index contributed by atoms with van der Waals surface area (Å²) in [5.74, 6) is 0. The lowest BCUT2D eigenvalue weighted by atomic mass is 10.1. The Kier molecular flexibility index (Phi) is 4.43. The highest BCUT2D eigenvalue weighted by molar-refractivity contribution is 7.11. The van der Waals surface area contributed by atoms with Gasteiger partial charge in [-0.15, -0.1) is 22.7 Å². The first-order valence-corrected chi connectivity index (χ1v) is 7.10. The summed E-state index contributed by atoms with van der Waals surface area (Å²) in [6.07, 6.45) is 1.67. The maximum atomic E-state index is 11.1. The van der Waals surface area contributed by atoms with Crippen LogP contribution in [0, 0.1) is 10.1 Å². The Morgan fingerprint density at radius 3 is 2.63 bits per heavy atom. The molecule has 0 amide bonds. The molecule has 98 valence electrons. The van der Waals surface area contributed by atoms with Crippen LogP contribution in [-0.4, -0.2) is 15.8 Å². The number of nitrogens with zero attached hydrogens (tertiary/aromatic N) is 2. The Morgan fingerprint density at radius 1 is 1.37 bits per heavy atom. The van der Waals surface area contributed by atoms with E-state index in [1.807, 2.05) is 29.0 Å². The summed E-state index contributed by atoms with van der Waals surface area (Å²) in [6.45, 7) is 0. The van der Waals surface area contributed by atoms with E-state index in [1.165, 1.54) is 28.7 Å². The van der Waals surface area contributed by atoms with Crippen molar-refractivity contribution in [2.75, 3.05) is 0 Å². The summed E-state index contributed by atoms with van der Waals surface area (Å²) in [7, 11) is 0. The Labute approximate surface area is 117 Å². The quantitative estimate of drug-likeness (QED) is 0.397. The molecule has 5 nitrogen and oxygen atoms in total. The summed E-state index contributed by atoms with van der Waals surface area (Å²) in [5, 5.41) is 26.9. The van der Waals surface area contributed by atoms with Gasteiger partial charge in [0.15, 0.2) is 5.71 Å². The third kappa shape index (κ3) is 3.49. The molecule has 0 fully saturated rings. The van der Waals surface area contributed by atoms with Gasteiger partial charge >= 0.3 is 0 Å². The van der Waals surface area contributed by atoms with Crippen molar-refractivity contribution in [2.24, 2.45) is 5.16 Å². The normalized spacial score (nSPS) is 12.6. The van der Waals surface area contributed by atoms with E-state index in [-0.39, 0.29) is 17.8 Å². The number of allylic oxidation sites excluding steroid dienone is 1. The van der Waals surface area contributed by atoms with Crippen LogP contribution in [0.25, 0.3) is 6.08 Å². The van der Waals surface area contributed by atoms with Gasteiger partial charge in [-0.2, -0.15) is 0 Å². The summed E-state index contributed by atoms with van der Waals surface area (Å²) >= 11 is 2.85. The maximum absolute atomic E-state index is 11.1. The maximum Gasteiger partial charge on any atom is 0.295 e. The topological polar surface area (TPSA) is 75.7 Å². The summed E-state index contributed by atoms with van der Waals surface area (Å²) in [6, 6.07) is 7.28. The van der Waals surface area contributed by atoms with Crippen molar-refractivity contribution in [3.63, 3.8) is 0 Å². The highest BCUT2D eigenvalue weighted by Crippen LogP contribution is 2.18. The zero-order chi connectivity index (χ0) is 13.7. The standard InChI is InChI=1S/C12H10N2O3S2/c15-13-11(7-9-3-1-5-18-9)12(14(16)17)8-10-4-2-6-19-10/h1-6,8,15H,7H2/b12-8+,13-11+. The zero-order valence-electron chi connectivity index (χ0n) is 9.72. The molecule has 0 spiro atoms. The summed E-state index contributed by atoms with van der Waals surface area (Å²) in [4.78, 5) is 12.2. The highest BCUT2D eigenvalue weighted by atomic mass is 32.1. The lowest BCUT2D eigenvalue weighted by Crippen LogP contribution is -2.13. The minimum atomic E-state index is -0.525. The van der Waals surface area contributed by atoms with E-state index in [0.29, 0.717) is 0 Å². The molecule has 0 atom stereocenters. The van der Waals surface area contributed by atoms with Crippen molar-refractivity contribution in [1.29, 1.82) is 0 Å². The van der Waals surface area contributed by atoms with Crippen molar-refractivity contribution < 1.29 is 10.1 Å². The first kappa shape index (κ1) is 13.4. The van der Waals surface area contributed by atoms with Gasteiger partial charge in [0.05, 0.1) is 4.92 Å². The Balaban J connectivity index is 2.29. The molecule has 2 rings (SSSR count). The van der Waals surface area contributed by atoms with E-state index in [4.69, 9.17) is 5.21 Å². The molecule has 2 aromatic heterocycles. The van der Waals surface area contributed by atoms with Gasteiger partial charge in [0.2, 0.25) is 0 Å². The molecule has 0 saturated carbocycles. The number of rotatable bonds is 5. The fraction of sp³-hybridized carbons (Fsp3) is 0.0833. The Morgan fingerprint density at radius 2 is 2.11 bits per heavy atom. The van der Waals surface area contributed by atoms with Crippen molar-refractivity contribution in [2.45, 2.75) is 6.42 Å². The van der Waals surface area contributed by atoms with Crippen LogP contribution in [0.2, 0.25) is 0 Å². The predicted molar refractivity (Wildman–Crippen MR) is 76.5 cm³/mol. The van der Waals surface area contributed by atoms with Crippen LogP contribution < -0.4 is 0 Å². The van der Waals surface area contributed by atoms with E-state index >= 15 is 0 Å². The smallest absolute Gasteiger partial charge is 0.295 e. The van der Waals surface area contributed by atoms with Crippen molar-refractivity contribution >= 4 is 34.5 Å². The number of nitro groups is 1. The van der Waals surface area contributed by atoms with Crippen LogP contribution in [0.3, 0.4) is 0 Å². The van der Waals surface area contributed by atoms with Gasteiger partial charge < -0.3 is 5.21 Å². The average molecular weight is 294 g/mol. The van der Waals surface area contributed by atoms with E-state index < -0.39 is 4.92 Å². The number of thiophene rings is 2. The molecular formula is C12H10N2O3S2. The molecule has 7 heteroatoms. The summed E-state index contributed by atoms with van der Waals surface area (Å²) in [5.41, 5.74) is -0.126. The lowest BCUT2D eigenvalue weighted by molar-refractivity contribution is -0.413. The second kappa shape index (κ2) is 6.26. The lowest BCUT2D eigenvalue weighted by Gasteiger charge is -2.00. The van der Waals surface area contributed by atoms with Crippen molar-refractivity contribution in [3.05, 3.63) is 60.6 Å². The van der Waals surface area contributed by atoms with Crippen LogP contribution in [0.15, 0.2) is 45.9 Å². The molecule has 0 radical (unpaired) electrons. The van der Waals surface area contributed by atoms with Crippen LogP contribution in [-0.2, 0) is 6.42 Å². The van der Waals surface area contributed by atoms with Gasteiger partial charge in [-0.25, -0.2) is 0 Å². The molecular weight excluding hydrogens is 284 g/mol. The molecule has 0 saturated heterocycles. The van der Waals surface area contributed by atoms with Crippen molar-refractivity contribution in [3.8, 4) is 0 Å². The Bertz CT molecular complexity index is 601. The Hall–Kier alpha value is -1.99.